The summed E-state index contributed by atoms with van der Waals surface area (Å²) in [6, 6.07) is 0.691. The molecule has 0 unspecified atom stereocenters. The summed E-state index contributed by atoms with van der Waals surface area (Å²) < 4.78 is 18.3. The second-order valence-corrected chi connectivity index (χ2v) is 12.0. The molecule has 3 N–H and O–H groups in total. The van der Waals surface area contributed by atoms with Crippen LogP contribution >= 0.6 is 0 Å². The molecular weight excluding hydrogens is 624 g/mol. The molecule has 1 saturated heterocycles. The zero-order valence-electron chi connectivity index (χ0n) is 27.5. The predicted octanol–water partition coefficient (Wildman–Crippen LogP) is 2.50. The quantitative estimate of drug-likeness (QED) is 0.406. The minimum atomic E-state index is -1.05. The molecule has 2 aromatic rings. The van der Waals surface area contributed by atoms with E-state index in [1.54, 1.807) is 58.3 Å². The predicted molar refractivity (Wildman–Crippen MR) is 171 cm³/mol. The third-order valence-corrected chi connectivity index (χ3v) is 7.88. The fourth-order valence-electron chi connectivity index (χ4n) is 5.47. The molecule has 0 radical (unpaired) electrons. The molecule has 0 spiro atoms. The Morgan fingerprint density at radius 1 is 1.25 bits per heavy atom. The highest BCUT2D eigenvalue weighted by molar-refractivity contribution is 5.95. The number of rotatable bonds is 4. The van der Waals surface area contributed by atoms with Crippen molar-refractivity contribution in [2.24, 2.45) is 18.9 Å². The van der Waals surface area contributed by atoms with Gasteiger partial charge < -0.3 is 29.2 Å². The second-order valence-electron chi connectivity index (χ2n) is 12.0. The smallest absolute Gasteiger partial charge is 0.412 e. The summed E-state index contributed by atoms with van der Waals surface area (Å²) in [6.07, 6.45) is 8.52. The number of ketones is 1. The number of aliphatic hydroxyl groups is 1. The maximum absolute atomic E-state index is 13.6. The van der Waals surface area contributed by atoms with Crippen molar-refractivity contribution in [1.82, 2.24) is 25.0 Å². The highest BCUT2D eigenvalue weighted by Crippen LogP contribution is 2.26. The van der Waals surface area contributed by atoms with E-state index in [-0.39, 0.29) is 55.8 Å². The molecule has 48 heavy (non-hydrogen) atoms. The second kappa shape index (κ2) is 16.7. The van der Waals surface area contributed by atoms with Crippen LogP contribution < -0.4 is 10.6 Å². The van der Waals surface area contributed by atoms with Gasteiger partial charge in [-0.05, 0) is 25.8 Å². The molecule has 258 valence electrons. The number of carbonyl (C=O) groups excluding carboxylic acids is 5. The zero-order chi connectivity index (χ0) is 34.8. The van der Waals surface area contributed by atoms with Gasteiger partial charge in [-0.25, -0.2) is 14.6 Å². The molecule has 2 bridgehead atoms. The fourth-order valence-corrected chi connectivity index (χ4v) is 5.47. The minimum Gasteiger partial charge on any atom is -0.460 e. The molecule has 15 nitrogen and oxygen atoms in total. The van der Waals surface area contributed by atoms with E-state index in [9.17, 15) is 29.1 Å². The molecule has 0 saturated carbocycles. The van der Waals surface area contributed by atoms with E-state index in [1.165, 1.54) is 21.7 Å². The first-order valence-electron chi connectivity index (χ1n) is 15.8. The average Bonchev–Trinajstić information content (AvgIpc) is 3.80. The molecule has 15 heteroatoms. The van der Waals surface area contributed by atoms with Crippen LogP contribution in [0.3, 0.4) is 0 Å². The Morgan fingerprint density at radius 3 is 2.79 bits per heavy atom. The van der Waals surface area contributed by atoms with Crippen molar-refractivity contribution in [3.8, 4) is 0 Å². The van der Waals surface area contributed by atoms with Crippen molar-refractivity contribution in [3.05, 3.63) is 66.1 Å². The van der Waals surface area contributed by atoms with Gasteiger partial charge in [-0.15, -0.1) is 0 Å². The number of hydrogen-bond acceptors (Lipinski definition) is 11. The van der Waals surface area contributed by atoms with Crippen molar-refractivity contribution in [2.75, 3.05) is 25.0 Å². The molecule has 4 heterocycles. The van der Waals surface area contributed by atoms with Gasteiger partial charge in [-0.1, -0.05) is 43.7 Å². The van der Waals surface area contributed by atoms with E-state index in [1.807, 2.05) is 0 Å². The molecule has 5 atom stereocenters. The molecule has 2 aliphatic rings. The van der Waals surface area contributed by atoms with Crippen LogP contribution in [0.25, 0.3) is 0 Å². The number of ether oxygens (including phenoxy) is 2. The number of aryl methyl sites for hydroxylation is 1. The van der Waals surface area contributed by atoms with Crippen molar-refractivity contribution in [3.63, 3.8) is 0 Å². The number of oxazole rings is 1. The number of esters is 1. The summed E-state index contributed by atoms with van der Waals surface area (Å²) in [7, 11) is 1.71. The van der Waals surface area contributed by atoms with Crippen LogP contribution in [0.1, 0.15) is 56.4 Å². The van der Waals surface area contributed by atoms with Crippen molar-refractivity contribution in [1.29, 1.82) is 0 Å². The molecule has 2 aliphatic heterocycles. The van der Waals surface area contributed by atoms with E-state index in [4.69, 9.17) is 13.9 Å². The van der Waals surface area contributed by atoms with Gasteiger partial charge in [0.15, 0.2) is 11.5 Å². The van der Waals surface area contributed by atoms with E-state index >= 15 is 0 Å². The normalized spacial score (nSPS) is 26.4. The first-order chi connectivity index (χ1) is 22.9. The number of carbonyl (C=O) groups is 5. The first kappa shape index (κ1) is 35.8. The van der Waals surface area contributed by atoms with Gasteiger partial charge in [0, 0.05) is 50.7 Å². The standard InChI is InChI=1S/C33H42N6O9/c1-20-7-5-12-34-28(42)10-9-21(2)30(22(3)18-47-33(45)36-27-11-14-38(4)37-27)48-32(44)26-8-6-13-39(26)31(43)25-19-46-29(35-25)17-24(41)16-23(40)15-20/h5,7,9-11,14-15,19,21-23,26,30,40H,6,8,12-13,16-18H2,1-4H3,(H,34,42)(H,36,37,45)/b7-5+,10-9+,20-15+/t21-,22+,23-,26-,30+/m1/s1. The number of nitrogens with zero attached hydrogens (tertiary/aromatic N) is 4. The number of hydrogen-bond donors (Lipinski definition) is 3. The van der Waals surface area contributed by atoms with E-state index in [2.05, 4.69) is 20.7 Å². The molecular formula is C33H42N6O9. The van der Waals surface area contributed by atoms with Crippen LogP contribution in [0.4, 0.5) is 10.6 Å². The van der Waals surface area contributed by atoms with Crippen molar-refractivity contribution >= 4 is 35.5 Å². The number of amides is 3. The topological polar surface area (TPSA) is 195 Å². The summed E-state index contributed by atoms with van der Waals surface area (Å²) >= 11 is 0. The number of anilines is 1. The summed E-state index contributed by atoms with van der Waals surface area (Å²) in [5.74, 6) is -2.63. The summed E-state index contributed by atoms with van der Waals surface area (Å²) in [5.41, 5.74) is 0.628. The molecule has 3 amide bonds. The lowest BCUT2D eigenvalue weighted by Crippen LogP contribution is -2.44. The first-order valence-corrected chi connectivity index (χ1v) is 15.8. The maximum atomic E-state index is 13.6. The lowest BCUT2D eigenvalue weighted by molar-refractivity contribution is -0.159. The average molecular weight is 667 g/mol. The minimum absolute atomic E-state index is 0.0187. The summed E-state index contributed by atoms with van der Waals surface area (Å²) in [4.78, 5) is 70.1. The lowest BCUT2D eigenvalue weighted by Gasteiger charge is -2.30. The van der Waals surface area contributed by atoms with Crippen LogP contribution in [0.5, 0.6) is 0 Å². The number of allylic oxidation sites excluding steroid dienone is 2. The third-order valence-electron chi connectivity index (χ3n) is 7.88. The number of nitrogens with one attached hydrogen (secondary N) is 2. The summed E-state index contributed by atoms with van der Waals surface area (Å²) in [6.45, 7) is 5.61. The number of cyclic esters (lactones) is 1. The Kier molecular flexibility index (Phi) is 12.4. The monoisotopic (exact) mass is 666 g/mol. The van der Waals surface area contributed by atoms with Crippen LogP contribution in [-0.4, -0.2) is 92.4 Å². The summed E-state index contributed by atoms with van der Waals surface area (Å²) in [5, 5.41) is 19.7. The number of Topliss-reactive ketones (excluding diaryl/α,β-unsaturated/α-hetero) is 1. The highest BCUT2D eigenvalue weighted by atomic mass is 16.6. The Hall–Kier alpha value is -5.05. The van der Waals surface area contributed by atoms with Crippen LogP contribution in [0, 0.1) is 11.8 Å². The fraction of sp³-hybridized carbons (Fsp3) is 0.485. The Morgan fingerprint density at radius 2 is 2.04 bits per heavy atom. The number of aliphatic hydroxyl groups excluding tert-OH is 1. The molecule has 4 rings (SSSR count). The van der Waals surface area contributed by atoms with Crippen LogP contribution in [-0.2, 0) is 37.3 Å². The maximum Gasteiger partial charge on any atom is 0.412 e. The number of fused-ring (bicyclic) bond motifs is 3. The van der Waals surface area contributed by atoms with E-state index < -0.39 is 48.1 Å². The largest absolute Gasteiger partial charge is 0.460 e. The van der Waals surface area contributed by atoms with Gasteiger partial charge >= 0.3 is 12.1 Å². The van der Waals surface area contributed by atoms with Gasteiger partial charge in [-0.2, -0.15) is 5.10 Å². The van der Waals surface area contributed by atoms with Gasteiger partial charge in [0.2, 0.25) is 11.8 Å². The molecule has 0 aliphatic carbocycles. The Bertz CT molecular complexity index is 1570. The third kappa shape index (κ3) is 10.2. The zero-order valence-corrected chi connectivity index (χ0v) is 27.5. The molecule has 1 fully saturated rings. The van der Waals surface area contributed by atoms with Crippen molar-refractivity contribution in [2.45, 2.75) is 64.7 Å². The lowest BCUT2D eigenvalue weighted by atomic mass is 9.93. The van der Waals surface area contributed by atoms with E-state index in [0.717, 1.165) is 6.26 Å². The van der Waals surface area contributed by atoms with Gasteiger partial charge in [-0.3, -0.25) is 24.4 Å². The van der Waals surface area contributed by atoms with Crippen molar-refractivity contribution < 1.29 is 43.0 Å². The highest BCUT2D eigenvalue weighted by Gasteiger charge is 2.39. The SMILES string of the molecule is CC1=C\[C@@H](O)CC(=O)Cc2nc(co2)C(=O)N2CCC[C@@H]2C(=O)O[C@H]([C@@H](C)COC(=O)Nc2ccn(C)n2)[C@H](C)/C=C/C(=O)NC\C=C\1. The Balaban J connectivity index is 1.54. The van der Waals surface area contributed by atoms with Gasteiger partial charge in [0.1, 0.15) is 24.2 Å². The molecule has 0 aromatic carbocycles. The van der Waals surface area contributed by atoms with Gasteiger partial charge in [0.25, 0.3) is 5.91 Å². The van der Waals surface area contributed by atoms with Gasteiger partial charge in [0.05, 0.1) is 19.1 Å². The Labute approximate surface area is 278 Å². The van der Waals surface area contributed by atoms with Crippen LogP contribution in [0.15, 0.2) is 58.9 Å². The number of aromatic nitrogens is 3. The molecule has 2 aromatic heterocycles. The van der Waals surface area contributed by atoms with Crippen LogP contribution in [0.2, 0.25) is 0 Å². The van der Waals surface area contributed by atoms with E-state index in [0.29, 0.717) is 24.2 Å².